The van der Waals surface area contributed by atoms with Gasteiger partial charge < -0.3 is 19.5 Å². The average molecular weight is 483 g/mol. The zero-order valence-electron chi connectivity index (χ0n) is 21.1. The van der Waals surface area contributed by atoms with Crippen LogP contribution in [0.3, 0.4) is 0 Å². The van der Waals surface area contributed by atoms with Gasteiger partial charge in [0.05, 0.1) is 24.2 Å². The molecule has 0 saturated carbocycles. The molecule has 1 fully saturated rings. The van der Waals surface area contributed by atoms with E-state index in [0.717, 1.165) is 60.8 Å². The van der Waals surface area contributed by atoms with Crippen LogP contribution in [0, 0.1) is 12.8 Å². The molecule has 36 heavy (non-hydrogen) atoms. The van der Waals surface area contributed by atoms with Gasteiger partial charge >= 0.3 is 0 Å². The highest BCUT2D eigenvalue weighted by atomic mass is 16.5. The van der Waals surface area contributed by atoms with E-state index < -0.39 is 0 Å². The Balaban J connectivity index is 1.26. The van der Waals surface area contributed by atoms with Crippen LogP contribution >= 0.6 is 0 Å². The summed E-state index contributed by atoms with van der Waals surface area (Å²) >= 11 is 0. The lowest BCUT2D eigenvalue weighted by Crippen LogP contribution is -2.41. The normalized spacial score (nSPS) is 14.2. The van der Waals surface area contributed by atoms with E-state index in [1.807, 2.05) is 37.3 Å². The van der Waals surface area contributed by atoms with Gasteiger partial charge in [-0.15, -0.1) is 0 Å². The van der Waals surface area contributed by atoms with E-state index in [1.165, 1.54) is 11.1 Å². The lowest BCUT2D eigenvalue weighted by Gasteiger charge is -2.32. The van der Waals surface area contributed by atoms with E-state index in [0.29, 0.717) is 13.2 Å². The van der Waals surface area contributed by atoms with Crippen molar-refractivity contribution in [2.45, 2.75) is 39.8 Å². The van der Waals surface area contributed by atoms with Gasteiger partial charge in [-0.05, 0) is 50.5 Å². The molecule has 2 heterocycles. The van der Waals surface area contributed by atoms with Crippen molar-refractivity contribution in [2.75, 3.05) is 24.6 Å². The van der Waals surface area contributed by atoms with Gasteiger partial charge in [0.15, 0.2) is 0 Å². The lowest BCUT2D eigenvalue weighted by atomic mass is 9.96. The highest BCUT2D eigenvalue weighted by Crippen LogP contribution is 2.28. The third-order valence-electron chi connectivity index (χ3n) is 6.97. The number of fused-ring (bicyclic) bond motifs is 1. The van der Waals surface area contributed by atoms with Gasteiger partial charge in [-0.25, -0.2) is 4.98 Å². The van der Waals surface area contributed by atoms with Gasteiger partial charge in [0.25, 0.3) is 0 Å². The van der Waals surface area contributed by atoms with Gasteiger partial charge in [0.1, 0.15) is 5.75 Å². The van der Waals surface area contributed by atoms with Crippen molar-refractivity contribution in [1.29, 1.82) is 0 Å². The Bertz CT molecular complexity index is 1320. The predicted molar refractivity (Wildman–Crippen MR) is 144 cm³/mol. The quantitative estimate of drug-likeness (QED) is 0.369. The zero-order chi connectivity index (χ0) is 24.9. The van der Waals surface area contributed by atoms with Crippen LogP contribution in [0.25, 0.3) is 11.0 Å². The molecular weight excluding hydrogens is 448 g/mol. The Labute approximate surface area is 212 Å². The fourth-order valence-corrected chi connectivity index (χ4v) is 4.95. The van der Waals surface area contributed by atoms with Crippen LogP contribution in [0.4, 0.5) is 5.95 Å². The summed E-state index contributed by atoms with van der Waals surface area (Å²) in [5.74, 6) is 1.95. The highest BCUT2D eigenvalue weighted by Gasteiger charge is 2.27. The van der Waals surface area contributed by atoms with Gasteiger partial charge in [0.2, 0.25) is 11.9 Å². The first kappa shape index (κ1) is 23.9. The maximum atomic E-state index is 13.0. The second kappa shape index (κ2) is 10.9. The molecule has 0 bridgehead atoms. The number of aromatic nitrogens is 2. The number of aryl methyl sites for hydroxylation is 1. The Morgan fingerprint density at radius 1 is 1.00 bits per heavy atom. The van der Waals surface area contributed by atoms with E-state index in [2.05, 4.69) is 64.2 Å². The van der Waals surface area contributed by atoms with Crippen molar-refractivity contribution in [3.8, 4) is 5.75 Å². The van der Waals surface area contributed by atoms with Crippen LogP contribution in [-0.2, 0) is 17.9 Å². The molecule has 4 aromatic rings. The molecule has 0 spiro atoms. The number of amides is 1. The van der Waals surface area contributed by atoms with Crippen molar-refractivity contribution in [3.05, 3.63) is 89.5 Å². The molecule has 1 aromatic heterocycles. The van der Waals surface area contributed by atoms with E-state index >= 15 is 0 Å². The first-order valence-corrected chi connectivity index (χ1v) is 12.9. The van der Waals surface area contributed by atoms with E-state index in [-0.39, 0.29) is 11.8 Å². The molecule has 1 N–H and O–H groups in total. The number of piperidine rings is 1. The number of hydrogen-bond donors (Lipinski definition) is 1. The number of anilines is 1. The highest BCUT2D eigenvalue weighted by molar-refractivity contribution is 5.80. The van der Waals surface area contributed by atoms with Crippen molar-refractivity contribution in [1.82, 2.24) is 14.9 Å². The van der Waals surface area contributed by atoms with E-state index in [9.17, 15) is 4.79 Å². The lowest BCUT2D eigenvalue weighted by molar-refractivity contribution is -0.125. The van der Waals surface area contributed by atoms with Gasteiger partial charge in [-0.2, -0.15) is 0 Å². The summed E-state index contributed by atoms with van der Waals surface area (Å²) in [6.07, 6.45) is 1.62. The minimum Gasteiger partial charge on any atom is -0.494 e. The number of rotatable bonds is 8. The van der Waals surface area contributed by atoms with E-state index in [4.69, 9.17) is 9.72 Å². The number of imidazole rings is 1. The number of ether oxygens (including phenoxy) is 1. The van der Waals surface area contributed by atoms with Crippen LogP contribution in [0.1, 0.15) is 36.5 Å². The molecule has 1 saturated heterocycles. The van der Waals surface area contributed by atoms with Crippen molar-refractivity contribution in [3.63, 3.8) is 0 Å². The SMILES string of the molecule is CCOc1ccccc1CNC(=O)C1CCN(c2nc3ccccc3n2Cc2ccc(C)cc2)CC1. The topological polar surface area (TPSA) is 59.4 Å². The molecule has 6 nitrogen and oxygen atoms in total. The van der Waals surface area contributed by atoms with E-state index in [1.54, 1.807) is 0 Å². The molecule has 1 amide bonds. The number of carbonyl (C=O) groups is 1. The summed E-state index contributed by atoms with van der Waals surface area (Å²) < 4.78 is 8.01. The van der Waals surface area contributed by atoms with Crippen molar-refractivity contribution >= 4 is 22.9 Å². The molecule has 0 atom stereocenters. The number of nitrogens with one attached hydrogen (secondary N) is 1. The van der Waals surface area contributed by atoms with Crippen LogP contribution in [0.5, 0.6) is 5.75 Å². The summed E-state index contributed by atoms with van der Waals surface area (Å²) in [7, 11) is 0. The smallest absolute Gasteiger partial charge is 0.223 e. The molecule has 0 aliphatic carbocycles. The number of nitrogens with zero attached hydrogens (tertiary/aromatic N) is 3. The first-order valence-electron chi connectivity index (χ1n) is 12.9. The number of carbonyl (C=O) groups excluding carboxylic acids is 1. The Kier molecular flexibility index (Phi) is 7.21. The van der Waals surface area contributed by atoms with Gasteiger partial charge in [-0.3, -0.25) is 4.79 Å². The summed E-state index contributed by atoms with van der Waals surface area (Å²) in [4.78, 5) is 20.3. The maximum Gasteiger partial charge on any atom is 0.223 e. The van der Waals surface area contributed by atoms with Crippen LogP contribution in [-0.4, -0.2) is 35.2 Å². The summed E-state index contributed by atoms with van der Waals surface area (Å²) in [5.41, 5.74) is 5.67. The molecule has 186 valence electrons. The minimum absolute atomic E-state index is 0.00966. The number of para-hydroxylation sites is 3. The molecule has 1 aliphatic rings. The third-order valence-corrected chi connectivity index (χ3v) is 6.97. The summed E-state index contributed by atoms with van der Waals surface area (Å²) in [5, 5.41) is 3.13. The monoisotopic (exact) mass is 482 g/mol. The maximum absolute atomic E-state index is 13.0. The van der Waals surface area contributed by atoms with Crippen LogP contribution in [0.15, 0.2) is 72.8 Å². The van der Waals surface area contributed by atoms with Crippen molar-refractivity contribution < 1.29 is 9.53 Å². The molecule has 1 aliphatic heterocycles. The Morgan fingerprint density at radius 2 is 1.72 bits per heavy atom. The fraction of sp³-hybridized carbons (Fsp3) is 0.333. The third kappa shape index (κ3) is 5.23. The van der Waals surface area contributed by atoms with Gasteiger partial charge in [-0.1, -0.05) is 60.2 Å². The molecule has 0 radical (unpaired) electrons. The standard InChI is InChI=1S/C30H34N4O2/c1-3-36-28-11-7-4-8-25(28)20-31-29(35)24-16-18-33(19-17-24)30-32-26-9-5-6-10-27(26)34(30)21-23-14-12-22(2)13-15-23/h4-15,24H,3,16-21H2,1-2H3,(H,31,35). The summed E-state index contributed by atoms with van der Waals surface area (Å²) in [6, 6.07) is 24.9. The molecule has 6 heteroatoms. The first-order chi connectivity index (χ1) is 17.6. The molecule has 3 aromatic carbocycles. The Morgan fingerprint density at radius 3 is 2.50 bits per heavy atom. The van der Waals surface area contributed by atoms with Crippen LogP contribution < -0.4 is 15.0 Å². The second-order valence-corrected chi connectivity index (χ2v) is 9.49. The zero-order valence-corrected chi connectivity index (χ0v) is 21.1. The second-order valence-electron chi connectivity index (χ2n) is 9.49. The number of hydrogen-bond acceptors (Lipinski definition) is 4. The largest absolute Gasteiger partial charge is 0.494 e. The predicted octanol–water partition coefficient (Wildman–Crippen LogP) is 5.32. The summed E-state index contributed by atoms with van der Waals surface area (Å²) in [6.45, 7) is 7.57. The fourth-order valence-electron chi connectivity index (χ4n) is 4.95. The van der Waals surface area contributed by atoms with Gasteiger partial charge in [0, 0.05) is 31.1 Å². The number of benzene rings is 3. The van der Waals surface area contributed by atoms with Crippen LogP contribution in [0.2, 0.25) is 0 Å². The van der Waals surface area contributed by atoms with Crippen molar-refractivity contribution in [2.24, 2.45) is 5.92 Å². The average Bonchev–Trinajstić information content (AvgIpc) is 3.28. The molecule has 5 rings (SSSR count). The Hall–Kier alpha value is -3.80. The molecule has 0 unspecified atom stereocenters. The minimum atomic E-state index is 0.00966. The molecular formula is C30H34N4O2.